The van der Waals surface area contributed by atoms with E-state index in [2.05, 4.69) is 26.1 Å². The van der Waals surface area contributed by atoms with Gasteiger partial charge in [0.05, 0.1) is 12.1 Å². The van der Waals surface area contributed by atoms with Gasteiger partial charge in [0.1, 0.15) is 4.88 Å². The summed E-state index contributed by atoms with van der Waals surface area (Å²) in [5, 5.41) is 19.1. The summed E-state index contributed by atoms with van der Waals surface area (Å²) in [4.78, 5) is 12.2. The van der Waals surface area contributed by atoms with Crippen LogP contribution < -0.4 is 16.0 Å². The third-order valence-electron chi connectivity index (χ3n) is 4.31. The summed E-state index contributed by atoms with van der Waals surface area (Å²) in [6, 6.07) is 16.5. The number of ether oxygens (including phenoxy) is 1. The zero-order chi connectivity index (χ0) is 22.7. The van der Waals surface area contributed by atoms with Gasteiger partial charge in [-0.05, 0) is 66.8 Å². The molecule has 0 fully saturated rings. The second-order valence-electron chi connectivity index (χ2n) is 6.47. The molecule has 4 rings (SSSR count). The van der Waals surface area contributed by atoms with Crippen molar-refractivity contribution in [2.75, 3.05) is 23.1 Å². The highest BCUT2D eigenvalue weighted by Gasteiger charge is 2.17. The molecule has 0 spiro atoms. The molecule has 2 heterocycles. The topological polar surface area (TPSA) is 88.2 Å². The Labute approximate surface area is 202 Å². The number of carbonyl (C=O) groups excluding carboxylic acids is 1. The summed E-state index contributed by atoms with van der Waals surface area (Å²) in [6.07, 6.45) is 0. The van der Waals surface area contributed by atoms with Crippen LogP contribution in [0, 0.1) is 0 Å². The van der Waals surface area contributed by atoms with E-state index in [0.717, 1.165) is 27.1 Å². The van der Waals surface area contributed by atoms with Crippen molar-refractivity contribution < 1.29 is 9.53 Å². The van der Waals surface area contributed by atoms with Crippen LogP contribution in [-0.4, -0.2) is 28.4 Å². The normalized spacial score (nSPS) is 10.6. The second-order valence-corrected chi connectivity index (χ2v) is 8.70. The van der Waals surface area contributed by atoms with Crippen molar-refractivity contribution in [2.24, 2.45) is 0 Å². The standard InChI is InChI=1S/C21H15Cl2N5O2S2/c1-30-20(29)19-18(23)14-7-6-13(10-15(14)32-19)26-21(31)25-12-4-2-11(3-5-12)24-17-9-8-16(22)27-28-17/h2-10H,1H3,(H,24,28)(H2,25,26,31). The van der Waals surface area contributed by atoms with E-state index in [9.17, 15) is 4.79 Å². The van der Waals surface area contributed by atoms with Crippen LogP contribution in [0.25, 0.3) is 10.1 Å². The summed E-state index contributed by atoms with van der Waals surface area (Å²) in [7, 11) is 1.33. The number of aromatic nitrogens is 2. The number of methoxy groups -OCH3 is 1. The molecule has 162 valence electrons. The molecule has 0 aliphatic heterocycles. The third kappa shape index (κ3) is 5.08. The van der Waals surface area contributed by atoms with Crippen molar-refractivity contribution >= 4 is 90.8 Å². The third-order valence-corrected chi connectivity index (χ3v) is 6.35. The van der Waals surface area contributed by atoms with Gasteiger partial charge in [-0.1, -0.05) is 23.2 Å². The molecule has 0 saturated carbocycles. The van der Waals surface area contributed by atoms with E-state index in [-0.39, 0.29) is 0 Å². The van der Waals surface area contributed by atoms with Gasteiger partial charge < -0.3 is 20.7 Å². The van der Waals surface area contributed by atoms with Gasteiger partial charge in [-0.15, -0.1) is 21.5 Å². The molecule has 0 aliphatic carbocycles. The molecule has 0 amide bonds. The molecule has 32 heavy (non-hydrogen) atoms. The van der Waals surface area contributed by atoms with Gasteiger partial charge in [0.15, 0.2) is 16.1 Å². The Morgan fingerprint density at radius 1 is 0.969 bits per heavy atom. The first kappa shape index (κ1) is 22.2. The molecule has 0 atom stereocenters. The number of hydrogen-bond donors (Lipinski definition) is 3. The number of nitrogens with one attached hydrogen (secondary N) is 3. The molecule has 0 aliphatic rings. The van der Waals surface area contributed by atoms with E-state index in [0.29, 0.717) is 26.0 Å². The molecule has 3 N–H and O–H groups in total. The van der Waals surface area contributed by atoms with Gasteiger partial charge in [-0.2, -0.15) is 0 Å². The SMILES string of the molecule is COC(=O)c1sc2cc(NC(=S)Nc3ccc(Nc4ccc(Cl)nn4)cc3)ccc2c1Cl. The lowest BCUT2D eigenvalue weighted by Gasteiger charge is -2.11. The molecule has 0 bridgehead atoms. The summed E-state index contributed by atoms with van der Waals surface area (Å²) < 4.78 is 5.63. The summed E-state index contributed by atoms with van der Waals surface area (Å²) in [5.41, 5.74) is 2.42. The van der Waals surface area contributed by atoms with Crippen molar-refractivity contribution in [3.05, 3.63) is 69.7 Å². The predicted molar refractivity (Wildman–Crippen MR) is 135 cm³/mol. The number of halogens is 2. The number of fused-ring (bicyclic) bond motifs is 1. The van der Waals surface area contributed by atoms with Gasteiger partial charge in [0, 0.05) is 27.1 Å². The van der Waals surface area contributed by atoms with E-state index < -0.39 is 5.97 Å². The highest BCUT2D eigenvalue weighted by Crippen LogP contribution is 2.37. The molecule has 0 saturated heterocycles. The second kappa shape index (κ2) is 9.66. The lowest BCUT2D eigenvalue weighted by Crippen LogP contribution is -2.18. The molecule has 2 aromatic carbocycles. The van der Waals surface area contributed by atoms with E-state index in [4.69, 9.17) is 40.2 Å². The predicted octanol–water partition coefficient (Wildman–Crippen LogP) is 6.34. The van der Waals surface area contributed by atoms with Crippen LogP contribution >= 0.6 is 46.8 Å². The molecule has 0 unspecified atom stereocenters. The maximum Gasteiger partial charge on any atom is 0.349 e. The first-order valence-corrected chi connectivity index (χ1v) is 11.2. The minimum Gasteiger partial charge on any atom is -0.465 e. The number of anilines is 4. The monoisotopic (exact) mass is 503 g/mol. The van der Waals surface area contributed by atoms with E-state index in [1.54, 1.807) is 12.1 Å². The lowest BCUT2D eigenvalue weighted by atomic mass is 10.2. The highest BCUT2D eigenvalue weighted by atomic mass is 35.5. The Kier molecular flexibility index (Phi) is 6.71. The summed E-state index contributed by atoms with van der Waals surface area (Å²) in [6.45, 7) is 0. The van der Waals surface area contributed by atoms with Crippen LogP contribution in [-0.2, 0) is 4.74 Å². The van der Waals surface area contributed by atoms with Crippen molar-refractivity contribution in [1.82, 2.24) is 10.2 Å². The minimum atomic E-state index is -0.455. The van der Waals surface area contributed by atoms with Crippen molar-refractivity contribution in [3.63, 3.8) is 0 Å². The van der Waals surface area contributed by atoms with Crippen LogP contribution in [0.3, 0.4) is 0 Å². The van der Waals surface area contributed by atoms with Crippen LogP contribution in [0.15, 0.2) is 54.6 Å². The first-order valence-electron chi connectivity index (χ1n) is 9.17. The fraction of sp³-hybridized carbons (Fsp3) is 0.0476. The summed E-state index contributed by atoms with van der Waals surface area (Å²) >= 11 is 18.7. The number of nitrogens with zero attached hydrogens (tertiary/aromatic N) is 2. The van der Waals surface area contributed by atoms with Gasteiger partial charge in [-0.25, -0.2) is 4.79 Å². The minimum absolute atomic E-state index is 0.335. The van der Waals surface area contributed by atoms with Gasteiger partial charge in [0.2, 0.25) is 0 Å². The van der Waals surface area contributed by atoms with Crippen LogP contribution in [0.4, 0.5) is 22.9 Å². The Balaban J connectivity index is 1.40. The fourth-order valence-electron chi connectivity index (χ4n) is 2.83. The maximum atomic E-state index is 11.9. The molecule has 7 nitrogen and oxygen atoms in total. The first-order chi connectivity index (χ1) is 15.4. The number of rotatable bonds is 5. The lowest BCUT2D eigenvalue weighted by molar-refractivity contribution is 0.0606. The number of benzene rings is 2. The average Bonchev–Trinajstić information content (AvgIpc) is 3.12. The van der Waals surface area contributed by atoms with Crippen molar-refractivity contribution in [3.8, 4) is 0 Å². The largest absolute Gasteiger partial charge is 0.465 e. The molecule has 4 aromatic rings. The molecule has 0 radical (unpaired) electrons. The van der Waals surface area contributed by atoms with Crippen LogP contribution in [0.1, 0.15) is 9.67 Å². The Hall–Kier alpha value is -2.98. The number of thiocarbonyl (C=S) groups is 1. The van der Waals surface area contributed by atoms with Crippen molar-refractivity contribution in [2.45, 2.75) is 0 Å². The molecule has 11 heteroatoms. The van der Waals surface area contributed by atoms with E-state index in [1.165, 1.54) is 18.4 Å². The number of esters is 1. The average molecular weight is 504 g/mol. The number of hydrogen-bond acceptors (Lipinski definition) is 7. The summed E-state index contributed by atoms with van der Waals surface area (Å²) in [5.74, 6) is 0.135. The molecule has 2 aromatic heterocycles. The molecular formula is C21H15Cl2N5O2S2. The van der Waals surface area contributed by atoms with Gasteiger partial charge >= 0.3 is 5.97 Å². The Morgan fingerprint density at radius 2 is 1.66 bits per heavy atom. The molecular weight excluding hydrogens is 489 g/mol. The van der Waals surface area contributed by atoms with Crippen molar-refractivity contribution in [1.29, 1.82) is 0 Å². The van der Waals surface area contributed by atoms with Gasteiger partial charge in [0.25, 0.3) is 0 Å². The Morgan fingerprint density at radius 3 is 2.34 bits per heavy atom. The zero-order valence-corrected chi connectivity index (χ0v) is 19.6. The van der Waals surface area contributed by atoms with E-state index in [1.807, 2.05) is 42.5 Å². The quantitative estimate of drug-likeness (QED) is 0.215. The number of thiophene rings is 1. The highest BCUT2D eigenvalue weighted by molar-refractivity contribution is 7.80. The fourth-order valence-corrected chi connectivity index (χ4v) is 4.63. The maximum absolute atomic E-state index is 11.9. The van der Waals surface area contributed by atoms with Gasteiger partial charge in [-0.3, -0.25) is 0 Å². The van der Waals surface area contributed by atoms with E-state index >= 15 is 0 Å². The zero-order valence-electron chi connectivity index (χ0n) is 16.5. The smallest absolute Gasteiger partial charge is 0.349 e. The Bertz CT molecular complexity index is 1290. The van der Waals surface area contributed by atoms with Crippen LogP contribution in [0.5, 0.6) is 0 Å². The van der Waals surface area contributed by atoms with Crippen LogP contribution in [0.2, 0.25) is 10.2 Å². The number of carbonyl (C=O) groups is 1.